The Labute approximate surface area is 286 Å². The molecular formula is C33H28F6N2O6S2. The summed E-state index contributed by atoms with van der Waals surface area (Å²) in [5, 5.41) is 9.03. The number of benzene rings is 3. The van der Waals surface area contributed by atoms with Gasteiger partial charge in [0.2, 0.25) is 0 Å². The number of alkyl halides is 6. The molecule has 0 aliphatic carbocycles. The highest BCUT2D eigenvalue weighted by molar-refractivity contribution is 8.26. The zero-order valence-electron chi connectivity index (χ0n) is 25.5. The largest absolute Gasteiger partial charge is 0.492 e. The molecule has 3 aromatic carbocycles. The van der Waals surface area contributed by atoms with Crippen LogP contribution in [0.2, 0.25) is 0 Å². The molecule has 16 heteroatoms. The molecule has 2 aliphatic heterocycles. The Morgan fingerprint density at radius 2 is 1.53 bits per heavy atom. The fraction of sp³-hybridized carbons (Fsp3) is 0.303. The highest BCUT2D eigenvalue weighted by Crippen LogP contribution is 2.41. The maximum Gasteiger partial charge on any atom is 0.416 e. The van der Waals surface area contributed by atoms with Crippen LogP contribution >= 0.6 is 24.0 Å². The fourth-order valence-electron chi connectivity index (χ4n) is 5.00. The van der Waals surface area contributed by atoms with Gasteiger partial charge in [-0.25, -0.2) is 4.79 Å². The van der Waals surface area contributed by atoms with Gasteiger partial charge < -0.3 is 19.3 Å². The number of thioether (sulfide) groups is 1. The number of aromatic carboxylic acids is 1. The summed E-state index contributed by atoms with van der Waals surface area (Å²) < 4.78 is 99.5. The summed E-state index contributed by atoms with van der Waals surface area (Å²) in [6.45, 7) is 3.04. The SMILES string of the molecule is O=C(O)c1ccc(OCCN2C(=O)/C(=C/c3ccc(OCCN4CCOCC4)c(-c4cc(C(F)(F)F)cc(C(F)(F)F)c4)c3)SC2=S)cc1. The van der Waals surface area contributed by atoms with Crippen molar-refractivity contribution < 1.29 is 55.2 Å². The number of hydrogen-bond acceptors (Lipinski definition) is 8. The van der Waals surface area contributed by atoms with Crippen molar-refractivity contribution in [3.8, 4) is 22.6 Å². The Morgan fingerprint density at radius 3 is 2.14 bits per heavy atom. The summed E-state index contributed by atoms with van der Waals surface area (Å²) in [6.07, 6.45) is -8.65. The normalized spacial score (nSPS) is 16.8. The first-order valence-electron chi connectivity index (χ1n) is 14.8. The van der Waals surface area contributed by atoms with Gasteiger partial charge in [0.1, 0.15) is 29.0 Å². The van der Waals surface area contributed by atoms with Crippen molar-refractivity contribution in [2.75, 3.05) is 52.6 Å². The van der Waals surface area contributed by atoms with E-state index in [1.165, 1.54) is 47.4 Å². The van der Waals surface area contributed by atoms with Gasteiger partial charge in [-0.3, -0.25) is 14.6 Å². The smallest absolute Gasteiger partial charge is 0.416 e. The van der Waals surface area contributed by atoms with Crippen molar-refractivity contribution in [1.82, 2.24) is 9.80 Å². The van der Waals surface area contributed by atoms with E-state index < -0.39 is 35.4 Å². The van der Waals surface area contributed by atoms with Gasteiger partial charge in [0, 0.05) is 25.2 Å². The number of hydrogen-bond donors (Lipinski definition) is 1. The number of nitrogens with zero attached hydrogens (tertiary/aromatic N) is 2. The Bertz CT molecular complexity index is 1710. The van der Waals surface area contributed by atoms with Gasteiger partial charge in [-0.05, 0) is 71.8 Å². The van der Waals surface area contributed by atoms with Crippen molar-refractivity contribution in [1.29, 1.82) is 0 Å². The quantitative estimate of drug-likeness (QED) is 0.127. The van der Waals surface area contributed by atoms with E-state index in [1.54, 1.807) is 6.07 Å². The molecular weight excluding hydrogens is 698 g/mol. The van der Waals surface area contributed by atoms with Crippen LogP contribution in [-0.2, 0) is 21.9 Å². The Kier molecular flexibility index (Phi) is 11.2. The van der Waals surface area contributed by atoms with Crippen LogP contribution < -0.4 is 9.47 Å². The van der Waals surface area contributed by atoms with Gasteiger partial charge in [-0.1, -0.05) is 30.0 Å². The van der Waals surface area contributed by atoms with Crippen LogP contribution in [0.15, 0.2) is 65.6 Å². The molecule has 5 rings (SSSR count). The topological polar surface area (TPSA) is 88.5 Å². The summed E-state index contributed by atoms with van der Waals surface area (Å²) in [6, 6.07) is 11.4. The van der Waals surface area contributed by atoms with Crippen LogP contribution in [0.5, 0.6) is 11.5 Å². The third-order valence-electron chi connectivity index (χ3n) is 7.53. The fourth-order valence-corrected chi connectivity index (χ4v) is 6.31. The Morgan fingerprint density at radius 1 is 0.898 bits per heavy atom. The minimum Gasteiger partial charge on any atom is -0.492 e. The number of carbonyl (C=O) groups is 2. The predicted molar refractivity (Wildman–Crippen MR) is 173 cm³/mol. The second-order valence-corrected chi connectivity index (χ2v) is 12.5. The molecule has 2 saturated heterocycles. The third kappa shape index (κ3) is 9.32. The summed E-state index contributed by atoms with van der Waals surface area (Å²) in [5.74, 6) is -1.10. The zero-order valence-corrected chi connectivity index (χ0v) is 27.1. The van der Waals surface area contributed by atoms with Crippen LogP contribution in [-0.4, -0.2) is 83.7 Å². The molecule has 8 nitrogen and oxygen atoms in total. The maximum atomic E-state index is 13.7. The lowest BCUT2D eigenvalue weighted by molar-refractivity contribution is -0.143. The minimum atomic E-state index is -5.05. The lowest BCUT2D eigenvalue weighted by Crippen LogP contribution is -2.38. The van der Waals surface area contributed by atoms with Crippen molar-refractivity contribution in [3.63, 3.8) is 0 Å². The number of rotatable bonds is 11. The molecule has 2 heterocycles. The monoisotopic (exact) mass is 726 g/mol. The molecule has 3 aromatic rings. The number of carbonyl (C=O) groups excluding carboxylic acids is 1. The number of ether oxygens (including phenoxy) is 3. The number of amides is 1. The van der Waals surface area contributed by atoms with E-state index in [2.05, 4.69) is 4.90 Å². The molecule has 0 unspecified atom stereocenters. The second-order valence-electron chi connectivity index (χ2n) is 10.9. The molecule has 260 valence electrons. The summed E-state index contributed by atoms with van der Waals surface area (Å²) in [7, 11) is 0. The molecule has 0 atom stereocenters. The first-order valence-corrected chi connectivity index (χ1v) is 16.0. The van der Waals surface area contributed by atoms with Gasteiger partial charge in [0.05, 0.1) is 41.4 Å². The van der Waals surface area contributed by atoms with Crippen molar-refractivity contribution >= 4 is 46.3 Å². The molecule has 1 amide bonds. The standard InChI is InChI=1S/C33H28F6N2O6S2/c34-32(35,36)23-17-22(18-24(19-23)33(37,38)39)26-15-20(1-6-27(26)47-13-9-40-7-11-45-12-8-40)16-28-29(42)41(31(48)49-28)10-14-46-25-4-2-21(3-5-25)30(43)44/h1-6,15-19H,7-14H2,(H,43,44)/b28-16-. The minimum absolute atomic E-state index is 0.0230. The number of carboxylic acid groups (broad SMARTS) is 1. The number of morpholine rings is 1. The predicted octanol–water partition coefficient (Wildman–Crippen LogP) is 7.08. The molecule has 1 N–H and O–H groups in total. The first kappa shape index (κ1) is 36.2. The zero-order chi connectivity index (χ0) is 35.3. The van der Waals surface area contributed by atoms with Crippen LogP contribution in [0, 0.1) is 0 Å². The summed E-state index contributed by atoms with van der Waals surface area (Å²) in [4.78, 5) is 27.8. The van der Waals surface area contributed by atoms with Crippen LogP contribution in [0.25, 0.3) is 17.2 Å². The highest BCUT2D eigenvalue weighted by atomic mass is 32.2. The lowest BCUT2D eigenvalue weighted by Gasteiger charge is -2.26. The molecule has 2 aliphatic rings. The molecule has 2 fully saturated rings. The average Bonchev–Trinajstić information content (AvgIpc) is 3.32. The van der Waals surface area contributed by atoms with Gasteiger partial charge in [0.25, 0.3) is 5.91 Å². The van der Waals surface area contributed by atoms with E-state index in [-0.39, 0.29) is 57.5 Å². The van der Waals surface area contributed by atoms with Crippen molar-refractivity contribution in [2.45, 2.75) is 12.4 Å². The summed E-state index contributed by atoms with van der Waals surface area (Å²) >= 11 is 6.35. The van der Waals surface area contributed by atoms with Gasteiger partial charge in [-0.2, -0.15) is 26.3 Å². The molecule has 0 spiro atoms. The third-order valence-corrected chi connectivity index (χ3v) is 8.91. The second kappa shape index (κ2) is 15.2. The van der Waals surface area contributed by atoms with E-state index >= 15 is 0 Å². The van der Waals surface area contributed by atoms with E-state index in [4.69, 9.17) is 31.5 Å². The average molecular weight is 727 g/mol. The van der Waals surface area contributed by atoms with Crippen molar-refractivity contribution in [2.24, 2.45) is 0 Å². The maximum absolute atomic E-state index is 13.7. The van der Waals surface area contributed by atoms with E-state index in [0.29, 0.717) is 56.3 Å². The Hall–Kier alpha value is -4.12. The van der Waals surface area contributed by atoms with E-state index in [9.17, 15) is 35.9 Å². The number of carboxylic acids is 1. The highest BCUT2D eigenvalue weighted by Gasteiger charge is 2.37. The van der Waals surface area contributed by atoms with E-state index in [0.717, 1.165) is 11.8 Å². The molecule has 49 heavy (non-hydrogen) atoms. The molecule has 0 saturated carbocycles. The lowest BCUT2D eigenvalue weighted by atomic mass is 9.96. The van der Waals surface area contributed by atoms with Crippen molar-refractivity contribution in [3.05, 3.63) is 87.8 Å². The van der Waals surface area contributed by atoms with E-state index in [1.807, 2.05) is 0 Å². The summed E-state index contributed by atoms with van der Waals surface area (Å²) in [5.41, 5.74) is -2.92. The van der Waals surface area contributed by atoms with Crippen LogP contribution in [0.3, 0.4) is 0 Å². The van der Waals surface area contributed by atoms with Gasteiger partial charge >= 0.3 is 18.3 Å². The number of thiocarbonyl (C=S) groups is 1. The van der Waals surface area contributed by atoms with Crippen LogP contribution in [0.1, 0.15) is 27.0 Å². The number of halogens is 6. The molecule has 0 radical (unpaired) electrons. The first-order chi connectivity index (χ1) is 23.2. The van der Waals surface area contributed by atoms with Gasteiger partial charge in [0.15, 0.2) is 0 Å². The van der Waals surface area contributed by atoms with Crippen LogP contribution in [0.4, 0.5) is 26.3 Å². The molecule has 0 aromatic heterocycles. The molecule has 0 bridgehead atoms. The van der Waals surface area contributed by atoms with Gasteiger partial charge in [-0.15, -0.1) is 0 Å². The Balaban J connectivity index is 1.39.